The smallest absolute Gasteiger partial charge is 0.304 e. The third-order valence-corrected chi connectivity index (χ3v) is 1.47. The number of nitrogens with zero attached hydrogens (tertiary/aromatic N) is 2. The molecule has 0 fully saturated rings. The Morgan fingerprint density at radius 3 is 2.55 bits per heavy atom. The van der Waals surface area contributed by atoms with Crippen LogP contribution in [0.3, 0.4) is 0 Å². The van der Waals surface area contributed by atoms with Crippen molar-refractivity contribution in [3.63, 3.8) is 0 Å². The van der Waals surface area contributed by atoms with Crippen molar-refractivity contribution in [1.82, 2.24) is 4.90 Å². The predicted octanol–water partition coefficient (Wildman–Crippen LogP) is 0.305. The van der Waals surface area contributed by atoms with Gasteiger partial charge >= 0.3 is 5.97 Å². The molecule has 0 radical (unpaired) electrons. The lowest BCUT2D eigenvalue weighted by molar-refractivity contribution is -0.138. The summed E-state index contributed by atoms with van der Waals surface area (Å²) in [5.41, 5.74) is 0. The summed E-state index contributed by atoms with van der Waals surface area (Å²) in [7, 11) is 3.54. The van der Waals surface area contributed by atoms with Crippen LogP contribution in [0.1, 0.15) is 12.8 Å². The summed E-state index contributed by atoms with van der Waals surface area (Å²) in [6.07, 6.45) is 0.292. The van der Waals surface area contributed by atoms with E-state index in [1.807, 2.05) is 6.07 Å². The number of carbonyl (C=O) groups is 1. The molecule has 0 heterocycles. The molecular weight excluding hydrogens is 144 g/mol. The van der Waals surface area contributed by atoms with Crippen molar-refractivity contribution < 1.29 is 9.90 Å². The van der Waals surface area contributed by atoms with Crippen molar-refractivity contribution >= 4 is 5.97 Å². The number of hydrogen-bond donors (Lipinski definition) is 1. The Bertz CT molecular complexity index is 172. The number of hydrogen-bond acceptors (Lipinski definition) is 3. The van der Waals surface area contributed by atoms with Crippen LogP contribution in [0.5, 0.6) is 0 Å². The second kappa shape index (κ2) is 4.69. The number of nitriles is 1. The van der Waals surface area contributed by atoms with Crippen molar-refractivity contribution in [3.8, 4) is 6.07 Å². The van der Waals surface area contributed by atoms with E-state index < -0.39 is 5.97 Å². The van der Waals surface area contributed by atoms with E-state index in [0.717, 1.165) is 0 Å². The van der Waals surface area contributed by atoms with E-state index in [0.29, 0.717) is 0 Å². The Hall–Kier alpha value is -1.08. The van der Waals surface area contributed by atoms with Crippen molar-refractivity contribution in [2.75, 3.05) is 14.1 Å². The fourth-order valence-electron chi connectivity index (χ4n) is 0.744. The molecular formula is C7H12N2O2. The molecule has 0 spiro atoms. The van der Waals surface area contributed by atoms with Crippen molar-refractivity contribution in [3.05, 3.63) is 0 Å². The first-order valence-electron chi connectivity index (χ1n) is 3.33. The van der Waals surface area contributed by atoms with Gasteiger partial charge in [-0.1, -0.05) is 0 Å². The lowest BCUT2D eigenvalue weighted by Crippen LogP contribution is -2.29. The molecule has 0 saturated carbocycles. The Morgan fingerprint density at radius 2 is 2.27 bits per heavy atom. The average Bonchev–Trinajstić information content (AvgIpc) is 1.86. The molecule has 0 aliphatic carbocycles. The van der Waals surface area contributed by atoms with Gasteiger partial charge in [0.2, 0.25) is 0 Å². The Morgan fingerprint density at radius 1 is 1.73 bits per heavy atom. The summed E-state index contributed by atoms with van der Waals surface area (Å²) in [6.45, 7) is 0. The zero-order valence-corrected chi connectivity index (χ0v) is 6.74. The molecule has 11 heavy (non-hydrogen) atoms. The molecule has 0 aliphatic rings. The molecule has 0 bridgehead atoms. The van der Waals surface area contributed by atoms with Crippen LogP contribution in [0.2, 0.25) is 0 Å². The second-order valence-corrected chi connectivity index (χ2v) is 2.58. The lowest BCUT2D eigenvalue weighted by Gasteiger charge is -2.19. The topological polar surface area (TPSA) is 64.3 Å². The van der Waals surface area contributed by atoms with Crippen LogP contribution in [0.4, 0.5) is 0 Å². The van der Waals surface area contributed by atoms with Crippen molar-refractivity contribution in [2.45, 2.75) is 18.9 Å². The SMILES string of the molecule is CN(C)C(CC#N)CC(=O)O. The molecule has 0 aromatic rings. The summed E-state index contributed by atoms with van der Waals surface area (Å²) >= 11 is 0. The molecule has 0 aromatic heterocycles. The molecule has 0 amide bonds. The van der Waals surface area contributed by atoms with Crippen molar-refractivity contribution in [1.29, 1.82) is 5.26 Å². The normalized spacial score (nSPS) is 12.5. The van der Waals surface area contributed by atoms with Gasteiger partial charge in [-0.2, -0.15) is 5.26 Å². The summed E-state index contributed by atoms with van der Waals surface area (Å²) in [4.78, 5) is 12.0. The summed E-state index contributed by atoms with van der Waals surface area (Å²) < 4.78 is 0. The van der Waals surface area contributed by atoms with E-state index in [1.165, 1.54) is 0 Å². The zero-order chi connectivity index (χ0) is 8.85. The first-order valence-corrected chi connectivity index (χ1v) is 3.33. The van der Waals surface area contributed by atoms with Crippen molar-refractivity contribution in [2.24, 2.45) is 0 Å². The number of carboxylic acids is 1. The average molecular weight is 156 g/mol. The van der Waals surface area contributed by atoms with E-state index in [-0.39, 0.29) is 18.9 Å². The minimum absolute atomic E-state index is 0.0283. The molecule has 0 rings (SSSR count). The highest BCUT2D eigenvalue weighted by molar-refractivity contribution is 5.67. The highest BCUT2D eigenvalue weighted by Crippen LogP contribution is 2.03. The number of rotatable bonds is 4. The molecule has 4 nitrogen and oxygen atoms in total. The van der Waals surface area contributed by atoms with Gasteiger partial charge in [-0.3, -0.25) is 4.79 Å². The van der Waals surface area contributed by atoms with Crippen LogP contribution in [0.25, 0.3) is 0 Å². The largest absolute Gasteiger partial charge is 0.481 e. The summed E-state index contributed by atoms with van der Waals surface area (Å²) in [6, 6.07) is 1.78. The molecule has 62 valence electrons. The maximum atomic E-state index is 10.3. The third kappa shape index (κ3) is 4.34. The molecule has 0 aliphatic heterocycles. The zero-order valence-electron chi connectivity index (χ0n) is 6.74. The summed E-state index contributed by atoms with van der Waals surface area (Å²) in [5.74, 6) is -0.862. The fourth-order valence-corrected chi connectivity index (χ4v) is 0.744. The van der Waals surface area contributed by atoms with Crippen LogP contribution in [0.15, 0.2) is 0 Å². The van der Waals surface area contributed by atoms with E-state index in [9.17, 15) is 4.79 Å². The monoisotopic (exact) mass is 156 g/mol. The van der Waals surface area contributed by atoms with E-state index in [1.54, 1.807) is 19.0 Å². The van der Waals surface area contributed by atoms with Crippen LogP contribution < -0.4 is 0 Å². The Balaban J connectivity index is 3.91. The lowest BCUT2D eigenvalue weighted by atomic mass is 10.1. The fraction of sp³-hybridized carbons (Fsp3) is 0.714. The molecule has 4 heteroatoms. The third-order valence-electron chi connectivity index (χ3n) is 1.47. The molecule has 1 atom stereocenters. The van der Waals surface area contributed by atoms with Crippen LogP contribution in [0, 0.1) is 11.3 Å². The van der Waals surface area contributed by atoms with Gasteiger partial charge in [0, 0.05) is 6.04 Å². The predicted molar refractivity (Wildman–Crippen MR) is 40.0 cm³/mol. The molecule has 1 unspecified atom stereocenters. The van der Waals surface area contributed by atoms with Crippen LogP contribution in [-0.2, 0) is 4.79 Å². The van der Waals surface area contributed by atoms with Gasteiger partial charge in [0.15, 0.2) is 0 Å². The van der Waals surface area contributed by atoms with Gasteiger partial charge in [-0.05, 0) is 14.1 Å². The van der Waals surface area contributed by atoms with Gasteiger partial charge in [-0.25, -0.2) is 0 Å². The Labute approximate surface area is 66.0 Å². The molecule has 0 aromatic carbocycles. The first kappa shape index (κ1) is 9.92. The standard InChI is InChI=1S/C7H12N2O2/c1-9(2)6(3-4-8)5-7(10)11/h6H,3,5H2,1-2H3,(H,10,11). The Kier molecular flexibility index (Phi) is 4.23. The van der Waals surface area contributed by atoms with Crippen LogP contribution >= 0.6 is 0 Å². The summed E-state index contributed by atoms with van der Waals surface area (Å²) in [5, 5.41) is 16.8. The molecule has 1 N–H and O–H groups in total. The highest BCUT2D eigenvalue weighted by Gasteiger charge is 2.14. The number of carboxylic acid groups (broad SMARTS) is 1. The first-order chi connectivity index (χ1) is 5.07. The van der Waals surface area contributed by atoms with Gasteiger partial charge in [-0.15, -0.1) is 0 Å². The quantitative estimate of drug-likeness (QED) is 0.636. The number of aliphatic carboxylic acids is 1. The second-order valence-electron chi connectivity index (χ2n) is 2.58. The van der Waals surface area contributed by atoms with Crippen LogP contribution in [-0.4, -0.2) is 36.1 Å². The highest BCUT2D eigenvalue weighted by atomic mass is 16.4. The van der Waals surface area contributed by atoms with Gasteiger partial charge in [0.1, 0.15) is 0 Å². The maximum Gasteiger partial charge on any atom is 0.304 e. The molecule has 0 saturated heterocycles. The van der Waals surface area contributed by atoms with E-state index in [2.05, 4.69) is 0 Å². The van der Waals surface area contributed by atoms with Gasteiger partial charge in [0.05, 0.1) is 18.9 Å². The van der Waals surface area contributed by atoms with E-state index in [4.69, 9.17) is 10.4 Å². The minimum atomic E-state index is -0.862. The van der Waals surface area contributed by atoms with E-state index >= 15 is 0 Å². The van der Waals surface area contributed by atoms with Gasteiger partial charge in [0.25, 0.3) is 0 Å². The maximum absolute atomic E-state index is 10.3. The minimum Gasteiger partial charge on any atom is -0.481 e. The van der Waals surface area contributed by atoms with Gasteiger partial charge < -0.3 is 10.0 Å².